The summed E-state index contributed by atoms with van der Waals surface area (Å²) in [4.78, 5) is 0. The molecule has 2 nitrogen and oxygen atoms in total. The van der Waals surface area contributed by atoms with Gasteiger partial charge in [0.15, 0.2) is 0 Å². The highest BCUT2D eigenvalue weighted by Gasteiger charge is 2.16. The number of hydrogen-bond acceptors (Lipinski definition) is 2. The Kier molecular flexibility index (Phi) is 3.03. The molecule has 1 aliphatic heterocycles. The topological polar surface area (TPSA) is 35.2 Å². The summed E-state index contributed by atoms with van der Waals surface area (Å²) in [6, 6.07) is 12.7. The summed E-state index contributed by atoms with van der Waals surface area (Å²) in [5.74, 6) is 1.01. The van der Waals surface area contributed by atoms with Crippen LogP contribution in [0.2, 0.25) is 0 Å². The Labute approximate surface area is 114 Å². The minimum atomic E-state index is -0.0653. The molecule has 0 saturated heterocycles. The molecule has 2 aromatic carbocycles. The van der Waals surface area contributed by atoms with Crippen LogP contribution >= 0.6 is 0 Å². The molecule has 1 aliphatic rings. The van der Waals surface area contributed by atoms with Gasteiger partial charge in [0.2, 0.25) is 0 Å². The van der Waals surface area contributed by atoms with Crippen molar-refractivity contribution >= 4 is 0 Å². The van der Waals surface area contributed by atoms with Gasteiger partial charge in [0.1, 0.15) is 5.75 Å². The number of benzene rings is 2. The smallest absolute Gasteiger partial charge is 0.122 e. The number of fused-ring (bicyclic) bond motifs is 1. The van der Waals surface area contributed by atoms with Crippen LogP contribution in [-0.2, 0) is 6.42 Å². The highest BCUT2D eigenvalue weighted by molar-refractivity contribution is 5.44. The molecule has 2 N–H and O–H groups in total. The lowest BCUT2D eigenvalue weighted by molar-refractivity contribution is 0.357. The van der Waals surface area contributed by atoms with Crippen molar-refractivity contribution in [3.05, 3.63) is 64.2 Å². The number of hydrogen-bond donors (Lipinski definition) is 1. The molecule has 1 unspecified atom stereocenters. The molecule has 19 heavy (non-hydrogen) atoms. The number of ether oxygens (including phenoxy) is 1. The van der Waals surface area contributed by atoms with Crippen LogP contribution in [0.3, 0.4) is 0 Å². The Hall–Kier alpha value is -1.80. The summed E-state index contributed by atoms with van der Waals surface area (Å²) in [5.41, 5.74) is 12.5. The van der Waals surface area contributed by atoms with Gasteiger partial charge in [-0.1, -0.05) is 41.5 Å². The van der Waals surface area contributed by atoms with Gasteiger partial charge in [-0.15, -0.1) is 0 Å². The molecule has 2 aromatic rings. The third-order valence-electron chi connectivity index (χ3n) is 3.68. The van der Waals surface area contributed by atoms with Gasteiger partial charge in [0.25, 0.3) is 0 Å². The molecule has 1 atom stereocenters. The molecule has 0 spiro atoms. The molecule has 0 aromatic heterocycles. The fourth-order valence-electron chi connectivity index (χ4n) is 2.78. The molecular formula is C17H19NO. The van der Waals surface area contributed by atoms with Gasteiger partial charge >= 0.3 is 0 Å². The van der Waals surface area contributed by atoms with E-state index in [0.717, 1.165) is 24.3 Å². The highest BCUT2D eigenvalue weighted by atomic mass is 16.5. The van der Waals surface area contributed by atoms with Gasteiger partial charge in [-0.2, -0.15) is 0 Å². The average molecular weight is 253 g/mol. The molecule has 0 bridgehead atoms. The molecule has 98 valence electrons. The molecular weight excluding hydrogens is 234 g/mol. The van der Waals surface area contributed by atoms with Crippen molar-refractivity contribution in [1.29, 1.82) is 0 Å². The second-order valence-corrected chi connectivity index (χ2v) is 5.36. The first kappa shape index (κ1) is 12.2. The van der Waals surface area contributed by atoms with Crippen molar-refractivity contribution in [1.82, 2.24) is 0 Å². The summed E-state index contributed by atoms with van der Waals surface area (Å²) >= 11 is 0. The van der Waals surface area contributed by atoms with Crippen LogP contribution in [0.5, 0.6) is 5.75 Å². The third kappa shape index (κ3) is 2.36. The lowest BCUT2D eigenvalue weighted by atomic mass is 9.95. The summed E-state index contributed by atoms with van der Waals surface area (Å²) in [7, 11) is 0. The fraction of sp³-hybridized carbons (Fsp3) is 0.294. The minimum Gasteiger partial charge on any atom is -0.493 e. The van der Waals surface area contributed by atoms with Crippen molar-refractivity contribution in [2.75, 3.05) is 6.61 Å². The van der Waals surface area contributed by atoms with Crippen molar-refractivity contribution < 1.29 is 4.74 Å². The average Bonchev–Trinajstić information content (AvgIpc) is 2.83. The normalized spacial score (nSPS) is 14.9. The molecule has 0 aliphatic carbocycles. The van der Waals surface area contributed by atoms with Gasteiger partial charge in [-0.25, -0.2) is 0 Å². The predicted octanol–water partition coefficient (Wildman–Crippen LogP) is 3.29. The van der Waals surface area contributed by atoms with E-state index in [1.807, 2.05) is 6.07 Å². The standard InChI is InChI=1S/C17H19NO/c1-11-7-12(2)9-15(8-11)17(18)14-3-4-16-13(10-14)5-6-19-16/h3-4,7-10,17H,5-6,18H2,1-2H3. The van der Waals surface area contributed by atoms with E-state index in [-0.39, 0.29) is 6.04 Å². The first-order chi connectivity index (χ1) is 9.13. The van der Waals surface area contributed by atoms with Crippen molar-refractivity contribution in [3.8, 4) is 5.75 Å². The van der Waals surface area contributed by atoms with E-state index in [1.54, 1.807) is 0 Å². The van der Waals surface area contributed by atoms with Crippen molar-refractivity contribution in [2.45, 2.75) is 26.3 Å². The first-order valence-electron chi connectivity index (χ1n) is 6.73. The Bertz CT molecular complexity index is 598. The van der Waals surface area contributed by atoms with Crippen LogP contribution in [0, 0.1) is 13.8 Å². The zero-order chi connectivity index (χ0) is 13.4. The Morgan fingerprint density at radius 2 is 1.74 bits per heavy atom. The van der Waals surface area contributed by atoms with E-state index < -0.39 is 0 Å². The van der Waals surface area contributed by atoms with Crippen molar-refractivity contribution in [3.63, 3.8) is 0 Å². The van der Waals surface area contributed by atoms with E-state index >= 15 is 0 Å². The third-order valence-corrected chi connectivity index (χ3v) is 3.68. The lowest BCUT2D eigenvalue weighted by Gasteiger charge is -2.15. The lowest BCUT2D eigenvalue weighted by Crippen LogP contribution is -2.12. The van der Waals surface area contributed by atoms with E-state index in [4.69, 9.17) is 10.5 Å². The number of rotatable bonds is 2. The largest absolute Gasteiger partial charge is 0.493 e. The summed E-state index contributed by atoms with van der Waals surface area (Å²) < 4.78 is 5.54. The second-order valence-electron chi connectivity index (χ2n) is 5.36. The molecule has 0 fully saturated rings. The van der Waals surface area contributed by atoms with Gasteiger partial charge in [-0.05, 0) is 36.6 Å². The SMILES string of the molecule is Cc1cc(C)cc(C(N)c2ccc3c(c2)CCO3)c1. The number of aryl methyl sites for hydroxylation is 2. The van der Waals surface area contributed by atoms with Gasteiger partial charge in [0.05, 0.1) is 12.6 Å². The van der Waals surface area contributed by atoms with E-state index in [0.29, 0.717) is 0 Å². The second kappa shape index (κ2) is 4.71. The van der Waals surface area contributed by atoms with Crippen LogP contribution < -0.4 is 10.5 Å². The summed E-state index contributed by atoms with van der Waals surface area (Å²) in [5, 5.41) is 0. The summed E-state index contributed by atoms with van der Waals surface area (Å²) in [6.45, 7) is 5.01. The van der Waals surface area contributed by atoms with Crippen molar-refractivity contribution in [2.24, 2.45) is 5.73 Å². The molecule has 3 rings (SSSR count). The van der Waals surface area contributed by atoms with Gasteiger partial charge in [0, 0.05) is 6.42 Å². The summed E-state index contributed by atoms with van der Waals surface area (Å²) in [6.07, 6.45) is 0.989. The van der Waals surface area contributed by atoms with Gasteiger partial charge < -0.3 is 10.5 Å². The maximum absolute atomic E-state index is 6.41. The van der Waals surface area contributed by atoms with Crippen LogP contribution in [0.4, 0.5) is 0 Å². The van der Waals surface area contributed by atoms with E-state index in [2.05, 4.69) is 44.2 Å². The Morgan fingerprint density at radius 1 is 1.00 bits per heavy atom. The van der Waals surface area contributed by atoms with Crippen LogP contribution in [0.25, 0.3) is 0 Å². The van der Waals surface area contributed by atoms with Gasteiger partial charge in [-0.3, -0.25) is 0 Å². The van der Waals surface area contributed by atoms with E-state index in [9.17, 15) is 0 Å². The van der Waals surface area contributed by atoms with Crippen LogP contribution in [0.1, 0.15) is 33.9 Å². The fourth-order valence-corrected chi connectivity index (χ4v) is 2.78. The highest BCUT2D eigenvalue weighted by Crippen LogP contribution is 2.30. The monoisotopic (exact) mass is 253 g/mol. The predicted molar refractivity (Wildman–Crippen MR) is 77.6 cm³/mol. The molecule has 1 heterocycles. The zero-order valence-electron chi connectivity index (χ0n) is 11.4. The number of nitrogens with two attached hydrogens (primary N) is 1. The quantitative estimate of drug-likeness (QED) is 0.891. The Morgan fingerprint density at radius 3 is 2.47 bits per heavy atom. The van der Waals surface area contributed by atoms with E-state index in [1.165, 1.54) is 22.3 Å². The van der Waals surface area contributed by atoms with Crippen LogP contribution in [0.15, 0.2) is 36.4 Å². The molecule has 0 radical (unpaired) electrons. The Balaban J connectivity index is 1.97. The first-order valence-corrected chi connectivity index (χ1v) is 6.73. The zero-order valence-corrected chi connectivity index (χ0v) is 11.4. The maximum atomic E-state index is 6.41. The molecule has 0 amide bonds. The molecule has 2 heteroatoms. The molecule has 0 saturated carbocycles. The maximum Gasteiger partial charge on any atom is 0.122 e. The van der Waals surface area contributed by atoms with Crippen LogP contribution in [-0.4, -0.2) is 6.61 Å². The minimum absolute atomic E-state index is 0.0653.